The molecule has 6 nitrogen and oxygen atoms in total. The third-order valence-corrected chi connectivity index (χ3v) is 3.32. The second kappa shape index (κ2) is 6.15. The summed E-state index contributed by atoms with van der Waals surface area (Å²) >= 11 is 0.983. The maximum absolute atomic E-state index is 11.7. The number of rotatable bonds is 6. The Labute approximate surface area is 107 Å². The monoisotopic (exact) mass is 269 g/mol. The highest BCUT2D eigenvalue weighted by atomic mass is 32.2. The SMILES string of the molecule is C[C@@H](SCC(=O)c1cccc([N+](=O)[O-])c1)C(=O)O. The molecule has 1 aromatic carbocycles. The van der Waals surface area contributed by atoms with E-state index in [9.17, 15) is 19.7 Å². The van der Waals surface area contributed by atoms with Gasteiger partial charge in [0.05, 0.1) is 15.9 Å². The van der Waals surface area contributed by atoms with E-state index in [1.807, 2.05) is 0 Å². The summed E-state index contributed by atoms with van der Waals surface area (Å²) in [5.74, 6) is -1.34. The van der Waals surface area contributed by atoms with Crippen LogP contribution in [0.4, 0.5) is 5.69 Å². The number of nitro benzene ring substituents is 1. The van der Waals surface area contributed by atoms with Gasteiger partial charge in [-0.1, -0.05) is 12.1 Å². The number of ketones is 1. The number of hydrogen-bond acceptors (Lipinski definition) is 5. The molecule has 1 N–H and O–H groups in total. The van der Waals surface area contributed by atoms with Crippen LogP contribution in [0.5, 0.6) is 0 Å². The molecule has 0 aliphatic carbocycles. The van der Waals surface area contributed by atoms with Gasteiger partial charge in [0.1, 0.15) is 0 Å². The summed E-state index contributed by atoms with van der Waals surface area (Å²) in [7, 11) is 0. The van der Waals surface area contributed by atoms with Crippen molar-refractivity contribution in [3.8, 4) is 0 Å². The number of nitro groups is 1. The van der Waals surface area contributed by atoms with Crippen molar-refractivity contribution in [2.75, 3.05) is 5.75 Å². The van der Waals surface area contributed by atoms with E-state index in [1.165, 1.54) is 31.2 Å². The molecule has 0 aliphatic rings. The van der Waals surface area contributed by atoms with Gasteiger partial charge in [0, 0.05) is 17.7 Å². The molecule has 18 heavy (non-hydrogen) atoms. The highest BCUT2D eigenvalue weighted by molar-refractivity contribution is 8.01. The lowest BCUT2D eigenvalue weighted by Gasteiger charge is -2.05. The van der Waals surface area contributed by atoms with Crippen LogP contribution in [0.3, 0.4) is 0 Å². The Bertz CT molecular complexity index is 488. The number of nitrogens with zero attached hydrogens (tertiary/aromatic N) is 1. The first-order valence-corrected chi connectivity index (χ1v) is 6.08. The van der Waals surface area contributed by atoms with E-state index in [2.05, 4.69) is 0 Å². The molecule has 0 amide bonds. The van der Waals surface area contributed by atoms with Gasteiger partial charge in [0.15, 0.2) is 5.78 Å². The molecule has 0 saturated heterocycles. The molecule has 0 aromatic heterocycles. The molecule has 0 radical (unpaired) electrons. The largest absolute Gasteiger partial charge is 0.480 e. The summed E-state index contributed by atoms with van der Waals surface area (Å²) in [6.45, 7) is 1.48. The summed E-state index contributed by atoms with van der Waals surface area (Å²) in [5.41, 5.74) is 0.0615. The molecule has 1 atom stereocenters. The molecule has 0 aliphatic heterocycles. The van der Waals surface area contributed by atoms with Gasteiger partial charge in [0.25, 0.3) is 5.69 Å². The molecule has 0 saturated carbocycles. The summed E-state index contributed by atoms with van der Waals surface area (Å²) < 4.78 is 0. The number of carboxylic acid groups (broad SMARTS) is 1. The number of carboxylic acids is 1. The summed E-state index contributed by atoms with van der Waals surface area (Å²) in [4.78, 5) is 32.2. The number of carbonyl (C=O) groups is 2. The Balaban J connectivity index is 2.70. The average molecular weight is 269 g/mol. The first kappa shape index (κ1) is 14.2. The topological polar surface area (TPSA) is 97.5 Å². The van der Waals surface area contributed by atoms with Crippen LogP contribution < -0.4 is 0 Å². The van der Waals surface area contributed by atoms with E-state index < -0.39 is 16.1 Å². The number of hydrogen-bond donors (Lipinski definition) is 1. The van der Waals surface area contributed by atoms with E-state index in [-0.39, 0.29) is 22.8 Å². The van der Waals surface area contributed by atoms with Gasteiger partial charge < -0.3 is 5.11 Å². The van der Waals surface area contributed by atoms with Gasteiger partial charge in [-0.3, -0.25) is 19.7 Å². The standard InChI is InChI=1S/C11H11NO5S/c1-7(11(14)15)18-6-10(13)8-3-2-4-9(5-8)12(16)17/h2-5,7H,6H2,1H3,(H,14,15)/t7-/m1/s1. The van der Waals surface area contributed by atoms with Crippen LogP contribution in [0.15, 0.2) is 24.3 Å². The van der Waals surface area contributed by atoms with Crippen LogP contribution in [-0.2, 0) is 4.79 Å². The van der Waals surface area contributed by atoms with E-state index in [4.69, 9.17) is 5.11 Å². The van der Waals surface area contributed by atoms with Crippen molar-refractivity contribution in [3.63, 3.8) is 0 Å². The highest BCUT2D eigenvalue weighted by Crippen LogP contribution is 2.17. The lowest BCUT2D eigenvalue weighted by molar-refractivity contribution is -0.384. The van der Waals surface area contributed by atoms with Crippen molar-refractivity contribution in [3.05, 3.63) is 39.9 Å². The van der Waals surface area contributed by atoms with E-state index in [0.29, 0.717) is 0 Å². The van der Waals surface area contributed by atoms with Crippen molar-refractivity contribution >= 4 is 29.2 Å². The maximum Gasteiger partial charge on any atom is 0.316 e. The van der Waals surface area contributed by atoms with Crippen molar-refractivity contribution in [1.82, 2.24) is 0 Å². The number of thioether (sulfide) groups is 1. The molecule has 0 unspecified atom stereocenters. The molecule has 0 spiro atoms. The Kier molecular flexibility index (Phi) is 4.85. The van der Waals surface area contributed by atoms with Crippen LogP contribution >= 0.6 is 11.8 Å². The summed E-state index contributed by atoms with van der Waals surface area (Å²) in [6.07, 6.45) is 0. The number of Topliss-reactive ketones (excluding diaryl/α,β-unsaturated/α-hetero) is 1. The van der Waals surface area contributed by atoms with Crippen LogP contribution in [-0.4, -0.2) is 32.8 Å². The molecular formula is C11H11NO5S. The highest BCUT2D eigenvalue weighted by Gasteiger charge is 2.16. The third-order valence-electron chi connectivity index (χ3n) is 2.19. The predicted molar refractivity (Wildman–Crippen MR) is 67.0 cm³/mol. The van der Waals surface area contributed by atoms with Crippen LogP contribution in [0, 0.1) is 10.1 Å². The van der Waals surface area contributed by atoms with E-state index in [0.717, 1.165) is 11.8 Å². The second-order valence-corrected chi connectivity index (χ2v) is 4.85. The molecule has 0 bridgehead atoms. The quantitative estimate of drug-likeness (QED) is 0.481. The average Bonchev–Trinajstić information content (AvgIpc) is 2.35. The second-order valence-electron chi connectivity index (χ2n) is 3.52. The van der Waals surface area contributed by atoms with Gasteiger partial charge >= 0.3 is 5.97 Å². The summed E-state index contributed by atoms with van der Waals surface area (Å²) in [6, 6.07) is 5.39. The van der Waals surface area contributed by atoms with Gasteiger partial charge in [-0.25, -0.2) is 0 Å². The molecule has 0 heterocycles. The smallest absolute Gasteiger partial charge is 0.316 e. The molecule has 1 rings (SSSR count). The minimum atomic E-state index is -0.994. The van der Waals surface area contributed by atoms with Crippen molar-refractivity contribution < 1.29 is 19.6 Å². The Morgan fingerprint density at radius 2 is 2.17 bits per heavy atom. The van der Waals surface area contributed by atoms with Crippen LogP contribution in [0.2, 0.25) is 0 Å². The number of benzene rings is 1. The number of non-ortho nitro benzene ring substituents is 1. The van der Waals surface area contributed by atoms with Crippen molar-refractivity contribution in [1.29, 1.82) is 0 Å². The van der Waals surface area contributed by atoms with Crippen LogP contribution in [0.25, 0.3) is 0 Å². The Morgan fingerprint density at radius 1 is 1.50 bits per heavy atom. The van der Waals surface area contributed by atoms with E-state index >= 15 is 0 Å². The fourth-order valence-electron chi connectivity index (χ4n) is 1.15. The molecule has 96 valence electrons. The maximum atomic E-state index is 11.7. The summed E-state index contributed by atoms with van der Waals surface area (Å²) in [5, 5.41) is 18.5. The van der Waals surface area contributed by atoms with Gasteiger partial charge in [0.2, 0.25) is 0 Å². The molecular weight excluding hydrogens is 258 g/mol. The predicted octanol–water partition coefficient (Wildman–Crippen LogP) is 1.98. The zero-order valence-electron chi connectivity index (χ0n) is 9.53. The third kappa shape index (κ3) is 3.85. The fourth-order valence-corrected chi connectivity index (χ4v) is 1.86. The molecule has 0 fully saturated rings. The van der Waals surface area contributed by atoms with Crippen molar-refractivity contribution in [2.45, 2.75) is 12.2 Å². The lowest BCUT2D eigenvalue weighted by atomic mass is 10.1. The zero-order valence-corrected chi connectivity index (χ0v) is 10.3. The molecule has 1 aromatic rings. The normalized spacial score (nSPS) is 11.8. The number of aliphatic carboxylic acids is 1. The van der Waals surface area contributed by atoms with Gasteiger partial charge in [-0.15, -0.1) is 11.8 Å². The zero-order chi connectivity index (χ0) is 13.7. The number of carbonyl (C=O) groups excluding carboxylic acids is 1. The minimum Gasteiger partial charge on any atom is -0.480 e. The van der Waals surface area contributed by atoms with E-state index in [1.54, 1.807) is 0 Å². The Hall–Kier alpha value is -1.89. The first-order chi connectivity index (χ1) is 8.41. The molecule has 7 heteroatoms. The van der Waals surface area contributed by atoms with Crippen LogP contribution in [0.1, 0.15) is 17.3 Å². The lowest BCUT2D eigenvalue weighted by Crippen LogP contribution is -2.14. The van der Waals surface area contributed by atoms with Gasteiger partial charge in [-0.2, -0.15) is 0 Å². The fraction of sp³-hybridized carbons (Fsp3) is 0.273. The van der Waals surface area contributed by atoms with Crippen molar-refractivity contribution in [2.24, 2.45) is 0 Å². The van der Waals surface area contributed by atoms with Gasteiger partial charge in [-0.05, 0) is 6.92 Å². The minimum absolute atomic E-state index is 0.0192. The first-order valence-electron chi connectivity index (χ1n) is 5.04. The Morgan fingerprint density at radius 3 is 2.72 bits per heavy atom.